The van der Waals surface area contributed by atoms with Gasteiger partial charge >= 0.3 is 0 Å². The molecule has 1 aromatic carbocycles. The minimum atomic E-state index is -0.418. The molecule has 0 spiro atoms. The van der Waals surface area contributed by atoms with Gasteiger partial charge in [0.15, 0.2) is 5.78 Å². The zero-order valence-electron chi connectivity index (χ0n) is 9.70. The second-order valence-electron chi connectivity index (χ2n) is 4.42. The van der Waals surface area contributed by atoms with E-state index in [1.165, 1.54) is 0 Å². The third-order valence-corrected chi connectivity index (χ3v) is 2.96. The molecule has 88 valence electrons. The number of alkyl halides is 1. The summed E-state index contributed by atoms with van der Waals surface area (Å²) in [6.45, 7) is 4.81. The van der Waals surface area contributed by atoms with Crippen LogP contribution in [0.25, 0.3) is 0 Å². The van der Waals surface area contributed by atoms with Crippen LogP contribution in [0.3, 0.4) is 0 Å². The summed E-state index contributed by atoms with van der Waals surface area (Å²) in [5.41, 5.74) is 0.711. The largest absolute Gasteiger partial charge is 0.376 e. The monoisotopic (exact) mass is 284 g/mol. The normalized spacial score (nSPS) is 11.4. The summed E-state index contributed by atoms with van der Waals surface area (Å²) in [6.07, 6.45) is 0. The van der Waals surface area contributed by atoms with Crippen LogP contribution in [0.4, 0.5) is 0 Å². The van der Waals surface area contributed by atoms with E-state index < -0.39 is 5.41 Å². The van der Waals surface area contributed by atoms with E-state index in [9.17, 15) is 4.79 Å². The second-order valence-corrected chi connectivity index (χ2v) is 4.98. The molecule has 0 amide bonds. The minimum absolute atomic E-state index is 0.167. The summed E-state index contributed by atoms with van der Waals surface area (Å²) in [6, 6.07) is 9.96. The number of rotatable bonds is 6. The number of hydrogen-bond acceptors (Lipinski definition) is 2. The van der Waals surface area contributed by atoms with Crippen LogP contribution in [0.5, 0.6) is 0 Å². The Labute approximate surface area is 105 Å². The van der Waals surface area contributed by atoms with Crippen LogP contribution in [-0.4, -0.2) is 17.7 Å². The maximum Gasteiger partial charge on any atom is 0.151 e. The first kappa shape index (κ1) is 13.4. The van der Waals surface area contributed by atoms with Crippen LogP contribution in [0.1, 0.15) is 19.4 Å². The van der Waals surface area contributed by atoms with Crippen LogP contribution in [0.2, 0.25) is 0 Å². The van der Waals surface area contributed by atoms with Crippen molar-refractivity contribution in [1.29, 1.82) is 0 Å². The van der Waals surface area contributed by atoms with Gasteiger partial charge in [-0.05, 0) is 5.56 Å². The molecule has 0 unspecified atom stereocenters. The highest BCUT2D eigenvalue weighted by Crippen LogP contribution is 2.19. The van der Waals surface area contributed by atoms with Crippen LogP contribution >= 0.6 is 15.9 Å². The maximum atomic E-state index is 11.5. The number of benzene rings is 1. The summed E-state index contributed by atoms with van der Waals surface area (Å²) in [5.74, 6) is 0.167. The van der Waals surface area contributed by atoms with Gasteiger partial charge in [-0.1, -0.05) is 60.1 Å². The van der Waals surface area contributed by atoms with Gasteiger partial charge in [0.1, 0.15) is 0 Å². The third-order valence-electron chi connectivity index (χ3n) is 2.45. The molecule has 0 aliphatic rings. The molecule has 2 nitrogen and oxygen atoms in total. The standard InChI is InChI=1S/C13H17BrO2/c1-13(2,12(15)8-14)10-16-9-11-6-4-3-5-7-11/h3-7H,8-10H2,1-2H3. The van der Waals surface area contributed by atoms with Crippen molar-refractivity contribution in [3.8, 4) is 0 Å². The van der Waals surface area contributed by atoms with Crippen molar-refractivity contribution in [2.45, 2.75) is 20.5 Å². The van der Waals surface area contributed by atoms with E-state index >= 15 is 0 Å². The summed E-state index contributed by atoms with van der Waals surface area (Å²) in [7, 11) is 0. The van der Waals surface area contributed by atoms with Crippen LogP contribution in [0, 0.1) is 5.41 Å². The number of Topliss-reactive ketones (excluding diaryl/α,β-unsaturated/α-hetero) is 1. The summed E-state index contributed by atoms with van der Waals surface area (Å²) in [5, 5.41) is 0.384. The average molecular weight is 285 g/mol. The summed E-state index contributed by atoms with van der Waals surface area (Å²) < 4.78 is 5.57. The lowest BCUT2D eigenvalue weighted by atomic mass is 9.90. The van der Waals surface area contributed by atoms with Crippen molar-refractivity contribution in [3.63, 3.8) is 0 Å². The number of halogens is 1. The Balaban J connectivity index is 2.38. The van der Waals surface area contributed by atoms with Gasteiger partial charge in [-0.25, -0.2) is 0 Å². The smallest absolute Gasteiger partial charge is 0.151 e. The molecule has 0 aliphatic heterocycles. The molecule has 0 saturated carbocycles. The Kier molecular flexibility index (Phi) is 5.16. The predicted molar refractivity (Wildman–Crippen MR) is 68.7 cm³/mol. The number of carbonyl (C=O) groups excluding carboxylic acids is 1. The highest BCUT2D eigenvalue weighted by Gasteiger charge is 2.26. The summed E-state index contributed by atoms with van der Waals surface area (Å²) in [4.78, 5) is 11.5. The van der Waals surface area contributed by atoms with Crippen molar-refractivity contribution in [2.75, 3.05) is 11.9 Å². The fraction of sp³-hybridized carbons (Fsp3) is 0.462. The van der Waals surface area contributed by atoms with E-state index in [4.69, 9.17) is 4.74 Å². The molecular weight excluding hydrogens is 268 g/mol. The third kappa shape index (κ3) is 4.06. The van der Waals surface area contributed by atoms with Gasteiger partial charge in [-0.3, -0.25) is 4.79 Å². The fourth-order valence-corrected chi connectivity index (χ4v) is 2.02. The second kappa shape index (κ2) is 6.16. The van der Waals surface area contributed by atoms with Gasteiger partial charge in [0.25, 0.3) is 0 Å². The molecule has 0 atom stereocenters. The molecule has 16 heavy (non-hydrogen) atoms. The van der Waals surface area contributed by atoms with Crippen LogP contribution in [0.15, 0.2) is 30.3 Å². The van der Waals surface area contributed by atoms with E-state index in [1.807, 2.05) is 44.2 Å². The van der Waals surface area contributed by atoms with Gasteiger partial charge in [-0.2, -0.15) is 0 Å². The predicted octanol–water partition coefficient (Wildman–Crippen LogP) is 3.19. The molecular formula is C13H17BrO2. The molecule has 1 aromatic rings. The molecule has 0 fully saturated rings. The molecule has 0 aromatic heterocycles. The lowest BCUT2D eigenvalue weighted by Crippen LogP contribution is -2.30. The molecule has 0 saturated heterocycles. The van der Waals surface area contributed by atoms with Gasteiger partial charge in [0, 0.05) is 5.41 Å². The number of ketones is 1. The number of hydrogen-bond donors (Lipinski definition) is 0. The lowest BCUT2D eigenvalue weighted by molar-refractivity contribution is -0.127. The Hall–Kier alpha value is -0.670. The molecule has 0 aliphatic carbocycles. The molecule has 3 heteroatoms. The Bertz CT molecular complexity index is 333. The zero-order chi connectivity index (χ0) is 12.0. The molecule has 0 radical (unpaired) electrons. The topological polar surface area (TPSA) is 26.3 Å². The first-order chi connectivity index (χ1) is 7.56. The average Bonchev–Trinajstić information content (AvgIpc) is 2.29. The van der Waals surface area contributed by atoms with Gasteiger partial charge in [0.2, 0.25) is 0 Å². The lowest BCUT2D eigenvalue weighted by Gasteiger charge is -2.21. The Morgan fingerprint density at radius 2 is 1.94 bits per heavy atom. The Morgan fingerprint density at radius 3 is 2.50 bits per heavy atom. The SMILES string of the molecule is CC(C)(COCc1ccccc1)C(=O)CBr. The minimum Gasteiger partial charge on any atom is -0.376 e. The highest BCUT2D eigenvalue weighted by atomic mass is 79.9. The molecule has 1 rings (SSSR count). The molecule has 0 heterocycles. The molecule has 0 bridgehead atoms. The van der Waals surface area contributed by atoms with Gasteiger partial charge in [0.05, 0.1) is 18.5 Å². The quantitative estimate of drug-likeness (QED) is 0.750. The van der Waals surface area contributed by atoms with E-state index in [1.54, 1.807) is 0 Å². The van der Waals surface area contributed by atoms with E-state index in [2.05, 4.69) is 15.9 Å². The van der Waals surface area contributed by atoms with Crippen molar-refractivity contribution >= 4 is 21.7 Å². The van der Waals surface area contributed by atoms with Crippen LogP contribution < -0.4 is 0 Å². The first-order valence-corrected chi connectivity index (χ1v) is 6.39. The summed E-state index contributed by atoms with van der Waals surface area (Å²) >= 11 is 3.18. The van der Waals surface area contributed by atoms with Gasteiger partial charge < -0.3 is 4.74 Å². The Morgan fingerprint density at radius 1 is 1.31 bits per heavy atom. The van der Waals surface area contributed by atoms with Crippen molar-refractivity contribution in [2.24, 2.45) is 5.41 Å². The van der Waals surface area contributed by atoms with Crippen molar-refractivity contribution in [1.82, 2.24) is 0 Å². The van der Waals surface area contributed by atoms with Crippen LogP contribution in [-0.2, 0) is 16.1 Å². The van der Waals surface area contributed by atoms with Crippen molar-refractivity contribution < 1.29 is 9.53 Å². The van der Waals surface area contributed by atoms with Gasteiger partial charge in [-0.15, -0.1) is 0 Å². The number of carbonyl (C=O) groups is 1. The fourth-order valence-electron chi connectivity index (χ4n) is 1.26. The number of ether oxygens (including phenoxy) is 1. The van der Waals surface area contributed by atoms with Crippen molar-refractivity contribution in [3.05, 3.63) is 35.9 Å². The van der Waals surface area contributed by atoms with E-state index in [-0.39, 0.29) is 5.78 Å². The molecule has 0 N–H and O–H groups in total. The van der Waals surface area contributed by atoms with E-state index in [0.717, 1.165) is 5.56 Å². The highest BCUT2D eigenvalue weighted by molar-refractivity contribution is 9.09. The zero-order valence-corrected chi connectivity index (χ0v) is 11.3. The first-order valence-electron chi connectivity index (χ1n) is 5.27. The maximum absolute atomic E-state index is 11.5. The van der Waals surface area contributed by atoms with E-state index in [0.29, 0.717) is 18.5 Å².